The van der Waals surface area contributed by atoms with Gasteiger partial charge >= 0.3 is 0 Å². The van der Waals surface area contributed by atoms with E-state index >= 15 is 0 Å². The minimum atomic E-state index is -0.389. The highest BCUT2D eigenvalue weighted by molar-refractivity contribution is 7.10. The maximum Gasteiger partial charge on any atom is 0.173 e. The molecule has 0 saturated heterocycles. The van der Waals surface area contributed by atoms with Gasteiger partial charge in [0, 0.05) is 4.88 Å². The Morgan fingerprint density at radius 3 is 3.00 bits per heavy atom. The minimum Gasteiger partial charge on any atom is -0.283 e. The van der Waals surface area contributed by atoms with Gasteiger partial charge in [-0.1, -0.05) is 12.0 Å². The zero-order valence-electron chi connectivity index (χ0n) is 5.28. The van der Waals surface area contributed by atoms with E-state index < -0.39 is 0 Å². The third-order valence-electron chi connectivity index (χ3n) is 1.09. The van der Waals surface area contributed by atoms with Gasteiger partial charge in [-0.15, -0.1) is 17.8 Å². The van der Waals surface area contributed by atoms with E-state index in [0.717, 1.165) is 4.88 Å². The standard InChI is InChI=1S/C7H7NOS/c1-2-6(9-8)7-4-3-5-10-7/h1,3-6H,8H2. The van der Waals surface area contributed by atoms with Gasteiger partial charge in [0.05, 0.1) is 0 Å². The number of terminal acetylenes is 1. The molecule has 0 aliphatic carbocycles. The number of nitrogens with two attached hydrogens (primary N) is 1. The largest absolute Gasteiger partial charge is 0.283 e. The van der Waals surface area contributed by atoms with E-state index in [-0.39, 0.29) is 6.10 Å². The zero-order chi connectivity index (χ0) is 7.40. The van der Waals surface area contributed by atoms with E-state index in [1.807, 2.05) is 17.5 Å². The van der Waals surface area contributed by atoms with Gasteiger partial charge in [0.15, 0.2) is 6.10 Å². The van der Waals surface area contributed by atoms with Crippen LogP contribution in [-0.4, -0.2) is 0 Å². The molecule has 0 aliphatic heterocycles. The van der Waals surface area contributed by atoms with Crippen LogP contribution >= 0.6 is 11.3 Å². The van der Waals surface area contributed by atoms with Crippen molar-refractivity contribution in [1.29, 1.82) is 0 Å². The van der Waals surface area contributed by atoms with Crippen molar-refractivity contribution in [2.24, 2.45) is 5.90 Å². The van der Waals surface area contributed by atoms with Gasteiger partial charge in [-0.2, -0.15) is 0 Å². The second-order valence-corrected chi connectivity index (χ2v) is 2.68. The van der Waals surface area contributed by atoms with Gasteiger partial charge in [-0.25, -0.2) is 5.90 Å². The number of rotatable bonds is 2. The Morgan fingerprint density at radius 2 is 2.60 bits per heavy atom. The van der Waals surface area contributed by atoms with Crippen molar-refractivity contribution in [2.45, 2.75) is 6.10 Å². The maximum atomic E-state index is 5.13. The quantitative estimate of drug-likeness (QED) is 0.513. The van der Waals surface area contributed by atoms with E-state index in [9.17, 15) is 0 Å². The zero-order valence-corrected chi connectivity index (χ0v) is 6.10. The third-order valence-corrected chi connectivity index (χ3v) is 2.00. The molecule has 2 nitrogen and oxygen atoms in total. The molecule has 1 unspecified atom stereocenters. The summed E-state index contributed by atoms with van der Waals surface area (Å²) in [4.78, 5) is 5.48. The summed E-state index contributed by atoms with van der Waals surface area (Å²) in [6, 6.07) is 3.80. The van der Waals surface area contributed by atoms with Crippen LogP contribution in [0.2, 0.25) is 0 Å². The van der Waals surface area contributed by atoms with Crippen molar-refractivity contribution >= 4 is 11.3 Å². The first-order chi connectivity index (χ1) is 4.88. The smallest absolute Gasteiger partial charge is 0.173 e. The Bertz CT molecular complexity index is 224. The molecule has 2 N–H and O–H groups in total. The molecule has 1 heterocycles. The van der Waals surface area contributed by atoms with Gasteiger partial charge < -0.3 is 0 Å². The van der Waals surface area contributed by atoms with Crippen molar-refractivity contribution in [2.75, 3.05) is 0 Å². The van der Waals surface area contributed by atoms with Gasteiger partial charge in [0.25, 0.3) is 0 Å². The minimum absolute atomic E-state index is 0.389. The molecule has 0 spiro atoms. The summed E-state index contributed by atoms with van der Waals surface area (Å²) < 4.78 is 0. The Morgan fingerprint density at radius 1 is 1.80 bits per heavy atom. The summed E-state index contributed by atoms with van der Waals surface area (Å²) in [5.41, 5.74) is 0. The summed E-state index contributed by atoms with van der Waals surface area (Å²) in [6.45, 7) is 0. The van der Waals surface area contributed by atoms with Crippen molar-refractivity contribution in [3.63, 3.8) is 0 Å². The number of thiophene rings is 1. The van der Waals surface area contributed by atoms with E-state index in [1.165, 1.54) is 11.3 Å². The fourth-order valence-electron chi connectivity index (χ4n) is 0.629. The van der Waals surface area contributed by atoms with E-state index in [1.54, 1.807) is 0 Å². The molecule has 1 rings (SSSR count). The Labute approximate surface area is 63.6 Å². The predicted molar refractivity (Wildman–Crippen MR) is 41.2 cm³/mol. The normalized spacial score (nSPS) is 12.4. The number of hydrogen-bond donors (Lipinski definition) is 1. The van der Waals surface area contributed by atoms with Gasteiger partial charge in [-0.3, -0.25) is 4.84 Å². The third kappa shape index (κ3) is 1.36. The van der Waals surface area contributed by atoms with Crippen LogP contribution in [0.5, 0.6) is 0 Å². The van der Waals surface area contributed by atoms with Gasteiger partial charge in [0.1, 0.15) is 0 Å². The van der Waals surface area contributed by atoms with Crippen LogP contribution in [0.15, 0.2) is 17.5 Å². The second-order valence-electron chi connectivity index (χ2n) is 1.70. The average molecular weight is 153 g/mol. The molecule has 0 aliphatic rings. The highest BCUT2D eigenvalue weighted by Gasteiger charge is 2.06. The molecule has 0 saturated carbocycles. The molecule has 0 bridgehead atoms. The van der Waals surface area contributed by atoms with Crippen LogP contribution in [0.3, 0.4) is 0 Å². The van der Waals surface area contributed by atoms with E-state index in [0.29, 0.717) is 0 Å². The molecular formula is C7H7NOS. The van der Waals surface area contributed by atoms with Crippen molar-refractivity contribution in [3.8, 4) is 12.3 Å². The molecule has 10 heavy (non-hydrogen) atoms. The first-order valence-corrected chi connectivity index (χ1v) is 3.61. The molecule has 52 valence electrons. The Kier molecular flexibility index (Phi) is 2.46. The molecule has 3 heteroatoms. The lowest BCUT2D eigenvalue weighted by molar-refractivity contribution is 0.0959. The van der Waals surface area contributed by atoms with E-state index in [4.69, 9.17) is 12.3 Å². The summed E-state index contributed by atoms with van der Waals surface area (Å²) in [5.74, 6) is 7.36. The molecule has 0 amide bonds. The SMILES string of the molecule is C#CC(ON)c1cccs1. The first kappa shape index (κ1) is 7.29. The van der Waals surface area contributed by atoms with Crippen molar-refractivity contribution < 1.29 is 4.84 Å². The molecule has 0 aromatic carbocycles. The topological polar surface area (TPSA) is 35.2 Å². The lowest BCUT2D eigenvalue weighted by atomic mass is 10.3. The van der Waals surface area contributed by atoms with Crippen LogP contribution in [0.1, 0.15) is 11.0 Å². The highest BCUT2D eigenvalue weighted by Crippen LogP contribution is 2.19. The van der Waals surface area contributed by atoms with Gasteiger partial charge in [0.2, 0.25) is 0 Å². The molecule has 0 radical (unpaired) electrons. The predicted octanol–water partition coefficient (Wildman–Crippen LogP) is 1.31. The molecule has 1 atom stereocenters. The first-order valence-electron chi connectivity index (χ1n) is 2.73. The summed E-state index contributed by atoms with van der Waals surface area (Å²) >= 11 is 1.53. The Balaban J connectivity index is 2.76. The van der Waals surface area contributed by atoms with Crippen LogP contribution in [0.25, 0.3) is 0 Å². The fourth-order valence-corrected chi connectivity index (χ4v) is 1.35. The summed E-state index contributed by atoms with van der Waals surface area (Å²) in [5, 5.41) is 1.93. The summed E-state index contributed by atoms with van der Waals surface area (Å²) in [7, 11) is 0. The second kappa shape index (κ2) is 3.37. The fraction of sp³-hybridized carbons (Fsp3) is 0.143. The van der Waals surface area contributed by atoms with Crippen LogP contribution < -0.4 is 5.90 Å². The van der Waals surface area contributed by atoms with Gasteiger partial charge in [-0.05, 0) is 11.4 Å². The molecule has 0 fully saturated rings. The summed E-state index contributed by atoms with van der Waals surface area (Å²) in [6.07, 6.45) is 4.74. The number of hydrogen-bond acceptors (Lipinski definition) is 3. The van der Waals surface area contributed by atoms with Crippen LogP contribution in [-0.2, 0) is 4.84 Å². The lowest BCUT2D eigenvalue weighted by Gasteiger charge is -2.02. The van der Waals surface area contributed by atoms with E-state index in [2.05, 4.69) is 10.8 Å². The lowest BCUT2D eigenvalue weighted by Crippen LogP contribution is -2.04. The molecule has 1 aromatic heterocycles. The van der Waals surface area contributed by atoms with Crippen molar-refractivity contribution in [1.82, 2.24) is 0 Å². The maximum absolute atomic E-state index is 5.13. The van der Waals surface area contributed by atoms with Crippen molar-refractivity contribution in [3.05, 3.63) is 22.4 Å². The van der Waals surface area contributed by atoms with Crippen LogP contribution in [0, 0.1) is 12.3 Å². The molecular weight excluding hydrogens is 146 g/mol. The van der Waals surface area contributed by atoms with Crippen LogP contribution in [0.4, 0.5) is 0 Å². The molecule has 1 aromatic rings. The average Bonchev–Trinajstić information content (AvgIpc) is 2.43. The highest BCUT2D eigenvalue weighted by atomic mass is 32.1. The Hall–Kier alpha value is -0.820. The monoisotopic (exact) mass is 153 g/mol.